The molecule has 0 bridgehead atoms. The molecule has 2 atom stereocenters. The lowest BCUT2D eigenvalue weighted by molar-refractivity contribution is -0.138. The Morgan fingerprint density at radius 1 is 1.53 bits per heavy atom. The summed E-state index contributed by atoms with van der Waals surface area (Å²) in [6.45, 7) is 1.85. The first kappa shape index (κ1) is 14.0. The predicted octanol–water partition coefficient (Wildman–Crippen LogP) is 1.74. The zero-order valence-electron chi connectivity index (χ0n) is 9.77. The number of carboxylic acids is 1. The molecule has 2 unspecified atom stereocenters. The Kier molecular flexibility index (Phi) is 4.93. The molecule has 17 heavy (non-hydrogen) atoms. The van der Waals surface area contributed by atoms with Crippen LogP contribution in [0.5, 0.6) is 0 Å². The Balaban J connectivity index is 2.96. The molecule has 0 aromatic heterocycles. The molecule has 0 amide bonds. The molecule has 5 heteroatoms. The zero-order valence-corrected chi connectivity index (χ0v) is 10.5. The smallest absolute Gasteiger partial charge is 0.305 e. The molecule has 0 fully saturated rings. The standard InChI is InChI=1S/C12H16ClNO3/c1-7-3-4-8(13)5-9(7)12(17)10(14-2)6-11(15)16/h3-5,10,12,14,17H,6H2,1-2H3,(H,15,16). The molecule has 0 saturated heterocycles. The van der Waals surface area contributed by atoms with E-state index in [1.165, 1.54) is 0 Å². The van der Waals surface area contributed by atoms with Gasteiger partial charge in [0.1, 0.15) is 0 Å². The molecule has 0 aliphatic heterocycles. The highest BCUT2D eigenvalue weighted by atomic mass is 35.5. The van der Waals surface area contributed by atoms with Crippen molar-refractivity contribution in [2.75, 3.05) is 7.05 Å². The van der Waals surface area contributed by atoms with Gasteiger partial charge in [0.15, 0.2) is 0 Å². The van der Waals surface area contributed by atoms with E-state index in [-0.39, 0.29) is 6.42 Å². The lowest BCUT2D eigenvalue weighted by Crippen LogP contribution is -2.34. The Hall–Kier alpha value is -1.10. The van der Waals surface area contributed by atoms with Gasteiger partial charge in [-0.15, -0.1) is 0 Å². The monoisotopic (exact) mass is 257 g/mol. The van der Waals surface area contributed by atoms with E-state index in [0.29, 0.717) is 10.6 Å². The SMILES string of the molecule is CNC(CC(=O)O)C(O)c1cc(Cl)ccc1C. The average molecular weight is 258 g/mol. The molecule has 0 heterocycles. The van der Waals surface area contributed by atoms with Crippen LogP contribution in [0.2, 0.25) is 5.02 Å². The van der Waals surface area contributed by atoms with Gasteiger partial charge >= 0.3 is 5.97 Å². The van der Waals surface area contributed by atoms with Crippen LogP contribution in [0.15, 0.2) is 18.2 Å². The number of aliphatic hydroxyl groups excluding tert-OH is 1. The van der Waals surface area contributed by atoms with Gasteiger partial charge in [0.25, 0.3) is 0 Å². The highest BCUT2D eigenvalue weighted by Crippen LogP contribution is 2.25. The summed E-state index contributed by atoms with van der Waals surface area (Å²) < 4.78 is 0. The van der Waals surface area contributed by atoms with Crippen LogP contribution >= 0.6 is 11.6 Å². The van der Waals surface area contributed by atoms with E-state index in [0.717, 1.165) is 5.56 Å². The Labute approximate surface area is 105 Å². The van der Waals surface area contributed by atoms with Crippen molar-refractivity contribution in [2.45, 2.75) is 25.5 Å². The van der Waals surface area contributed by atoms with E-state index in [1.807, 2.05) is 6.92 Å². The lowest BCUT2D eigenvalue weighted by Gasteiger charge is -2.22. The first-order valence-corrected chi connectivity index (χ1v) is 5.66. The number of benzene rings is 1. The number of carbonyl (C=O) groups is 1. The highest BCUT2D eigenvalue weighted by Gasteiger charge is 2.23. The summed E-state index contributed by atoms with van der Waals surface area (Å²) in [5.74, 6) is -0.955. The third-order valence-electron chi connectivity index (χ3n) is 2.71. The summed E-state index contributed by atoms with van der Waals surface area (Å²) in [6.07, 6.45) is -1.04. The van der Waals surface area contributed by atoms with Gasteiger partial charge in [-0.05, 0) is 37.2 Å². The summed E-state index contributed by atoms with van der Waals surface area (Å²) in [6, 6.07) is 4.66. The molecular formula is C12H16ClNO3. The maximum absolute atomic E-state index is 10.7. The maximum Gasteiger partial charge on any atom is 0.305 e. The van der Waals surface area contributed by atoms with Crippen molar-refractivity contribution >= 4 is 17.6 Å². The minimum Gasteiger partial charge on any atom is -0.481 e. The molecule has 0 spiro atoms. The second-order valence-electron chi connectivity index (χ2n) is 3.94. The fourth-order valence-corrected chi connectivity index (χ4v) is 1.89. The van der Waals surface area contributed by atoms with Crippen LogP contribution in [0.3, 0.4) is 0 Å². The molecule has 0 radical (unpaired) electrons. The summed E-state index contributed by atoms with van der Waals surface area (Å²) in [5.41, 5.74) is 1.53. The van der Waals surface area contributed by atoms with E-state index in [9.17, 15) is 9.90 Å². The topological polar surface area (TPSA) is 69.6 Å². The van der Waals surface area contributed by atoms with Gasteiger partial charge in [0.2, 0.25) is 0 Å². The molecule has 1 aromatic rings. The highest BCUT2D eigenvalue weighted by molar-refractivity contribution is 6.30. The van der Waals surface area contributed by atoms with Crippen molar-refractivity contribution in [3.63, 3.8) is 0 Å². The van der Waals surface area contributed by atoms with Gasteiger partial charge in [-0.2, -0.15) is 0 Å². The Morgan fingerprint density at radius 2 is 2.18 bits per heavy atom. The van der Waals surface area contributed by atoms with Gasteiger partial charge in [0, 0.05) is 11.1 Å². The van der Waals surface area contributed by atoms with E-state index >= 15 is 0 Å². The molecule has 0 saturated carbocycles. The van der Waals surface area contributed by atoms with Crippen molar-refractivity contribution in [3.8, 4) is 0 Å². The number of nitrogens with one attached hydrogen (secondary N) is 1. The van der Waals surface area contributed by atoms with Gasteiger partial charge in [-0.3, -0.25) is 4.79 Å². The van der Waals surface area contributed by atoms with Gasteiger partial charge in [-0.1, -0.05) is 17.7 Å². The van der Waals surface area contributed by atoms with Crippen molar-refractivity contribution in [1.82, 2.24) is 5.32 Å². The van der Waals surface area contributed by atoms with Crippen LogP contribution in [0.25, 0.3) is 0 Å². The van der Waals surface area contributed by atoms with Crippen molar-refractivity contribution in [1.29, 1.82) is 0 Å². The number of aryl methyl sites for hydroxylation is 1. The van der Waals surface area contributed by atoms with Crippen molar-refractivity contribution < 1.29 is 15.0 Å². The molecule has 94 valence electrons. The van der Waals surface area contributed by atoms with Crippen LogP contribution in [-0.4, -0.2) is 29.3 Å². The summed E-state index contributed by atoms with van der Waals surface area (Å²) in [5, 5.41) is 22.2. The first-order valence-electron chi connectivity index (χ1n) is 5.29. The fourth-order valence-electron chi connectivity index (χ4n) is 1.71. The van der Waals surface area contributed by atoms with Crippen LogP contribution in [-0.2, 0) is 4.79 Å². The Bertz CT molecular complexity index is 409. The lowest BCUT2D eigenvalue weighted by atomic mass is 9.96. The van der Waals surface area contributed by atoms with Gasteiger partial charge in [0.05, 0.1) is 12.5 Å². The molecule has 0 aliphatic carbocycles. The molecule has 0 aliphatic rings. The van der Waals surface area contributed by atoms with Crippen LogP contribution in [0.1, 0.15) is 23.7 Å². The first-order chi connectivity index (χ1) is 7.95. The molecular weight excluding hydrogens is 242 g/mol. The number of likely N-dealkylation sites (N-methyl/N-ethyl adjacent to an activating group) is 1. The molecule has 1 rings (SSSR count). The molecule has 3 N–H and O–H groups in total. The third kappa shape index (κ3) is 3.70. The summed E-state index contributed by atoms with van der Waals surface area (Å²) in [7, 11) is 1.62. The van der Waals surface area contributed by atoms with Gasteiger partial charge in [-0.25, -0.2) is 0 Å². The number of hydrogen-bond acceptors (Lipinski definition) is 3. The number of aliphatic hydroxyl groups is 1. The third-order valence-corrected chi connectivity index (χ3v) is 2.94. The zero-order chi connectivity index (χ0) is 13.0. The minimum atomic E-state index is -0.955. The second kappa shape index (κ2) is 6.00. The van der Waals surface area contributed by atoms with E-state index in [1.54, 1.807) is 25.2 Å². The minimum absolute atomic E-state index is 0.149. The van der Waals surface area contributed by atoms with Gasteiger partial charge < -0.3 is 15.5 Å². The maximum atomic E-state index is 10.7. The van der Waals surface area contributed by atoms with Crippen molar-refractivity contribution in [3.05, 3.63) is 34.3 Å². The molecule has 1 aromatic carbocycles. The normalized spacial score (nSPS) is 14.4. The Morgan fingerprint density at radius 3 is 2.71 bits per heavy atom. The van der Waals surface area contributed by atoms with E-state index in [2.05, 4.69) is 5.32 Å². The second-order valence-corrected chi connectivity index (χ2v) is 4.38. The average Bonchev–Trinajstić information content (AvgIpc) is 2.28. The number of rotatable bonds is 5. The van der Waals surface area contributed by atoms with Crippen LogP contribution in [0, 0.1) is 6.92 Å². The number of halogens is 1. The predicted molar refractivity (Wildman–Crippen MR) is 66.2 cm³/mol. The summed E-state index contributed by atoms with van der Waals surface area (Å²) in [4.78, 5) is 10.7. The van der Waals surface area contributed by atoms with Crippen LogP contribution in [0.4, 0.5) is 0 Å². The molecule has 4 nitrogen and oxygen atoms in total. The number of carboxylic acid groups (broad SMARTS) is 1. The van der Waals surface area contributed by atoms with Crippen LogP contribution < -0.4 is 5.32 Å². The largest absolute Gasteiger partial charge is 0.481 e. The van der Waals surface area contributed by atoms with E-state index < -0.39 is 18.1 Å². The number of aliphatic carboxylic acids is 1. The number of hydrogen-bond donors (Lipinski definition) is 3. The summed E-state index contributed by atoms with van der Waals surface area (Å²) >= 11 is 5.87. The fraction of sp³-hybridized carbons (Fsp3) is 0.417. The van der Waals surface area contributed by atoms with Crippen molar-refractivity contribution in [2.24, 2.45) is 0 Å². The quantitative estimate of drug-likeness (QED) is 0.752. The van der Waals surface area contributed by atoms with E-state index in [4.69, 9.17) is 16.7 Å².